The molecule has 0 saturated carbocycles. The average Bonchev–Trinajstić information content (AvgIpc) is 3.35. The van der Waals surface area contributed by atoms with Crippen molar-refractivity contribution in [3.05, 3.63) is 95.1 Å². The maximum absolute atomic E-state index is 13.7. The van der Waals surface area contributed by atoms with Crippen molar-refractivity contribution in [2.75, 3.05) is 23.7 Å². The SMILES string of the molecule is Cc1ccccc1NC(=O)Nc1ccc(CC(=O)N2Cc3ccccc3[C@H]2C(=O)N2CCC(CC(=O)O)CC2)cc1. The Morgan fingerprint density at radius 2 is 1.56 bits per heavy atom. The van der Waals surface area contributed by atoms with Gasteiger partial charge in [-0.05, 0) is 66.1 Å². The lowest BCUT2D eigenvalue weighted by atomic mass is 9.93. The van der Waals surface area contributed by atoms with Crippen molar-refractivity contribution in [3.8, 4) is 0 Å². The number of urea groups is 1. The van der Waals surface area contributed by atoms with E-state index in [9.17, 15) is 19.2 Å². The monoisotopic (exact) mass is 554 g/mol. The van der Waals surface area contributed by atoms with Crippen LogP contribution in [0.5, 0.6) is 0 Å². The number of piperidine rings is 1. The number of aryl methyl sites for hydroxylation is 1. The number of rotatable bonds is 7. The summed E-state index contributed by atoms with van der Waals surface area (Å²) >= 11 is 0. The number of carbonyl (C=O) groups excluding carboxylic acids is 3. The topological polar surface area (TPSA) is 119 Å². The van der Waals surface area contributed by atoms with Gasteiger partial charge in [-0.3, -0.25) is 14.4 Å². The Balaban J connectivity index is 1.23. The molecule has 0 radical (unpaired) electrons. The molecule has 3 N–H and O–H groups in total. The van der Waals surface area contributed by atoms with Crippen molar-refractivity contribution < 1.29 is 24.3 Å². The van der Waals surface area contributed by atoms with Crippen molar-refractivity contribution in [3.63, 3.8) is 0 Å². The fraction of sp³-hybridized carbons (Fsp3) is 0.312. The van der Waals surface area contributed by atoms with Crippen LogP contribution in [-0.2, 0) is 27.3 Å². The molecule has 3 aromatic rings. The fourth-order valence-electron chi connectivity index (χ4n) is 5.64. The number of hydrogen-bond acceptors (Lipinski definition) is 4. The molecule has 4 amide bonds. The predicted molar refractivity (Wildman–Crippen MR) is 155 cm³/mol. The van der Waals surface area contributed by atoms with Crippen molar-refractivity contribution in [1.29, 1.82) is 0 Å². The van der Waals surface area contributed by atoms with Gasteiger partial charge in [0.25, 0.3) is 0 Å². The number of benzene rings is 3. The second-order valence-electron chi connectivity index (χ2n) is 10.8. The number of amides is 4. The summed E-state index contributed by atoms with van der Waals surface area (Å²) in [4.78, 5) is 54.2. The van der Waals surface area contributed by atoms with Gasteiger partial charge in [-0.25, -0.2) is 4.79 Å². The van der Waals surface area contributed by atoms with Crippen LogP contribution in [0.1, 0.15) is 47.6 Å². The number of anilines is 2. The molecule has 0 spiro atoms. The Hall–Kier alpha value is -4.66. The molecular formula is C32H34N4O5. The summed E-state index contributed by atoms with van der Waals surface area (Å²) in [5, 5.41) is 14.8. The summed E-state index contributed by atoms with van der Waals surface area (Å²) in [6.45, 7) is 3.26. The van der Waals surface area contributed by atoms with Gasteiger partial charge < -0.3 is 25.5 Å². The van der Waals surface area contributed by atoms with E-state index >= 15 is 0 Å². The van der Waals surface area contributed by atoms with Gasteiger partial charge in [0.15, 0.2) is 0 Å². The third-order valence-electron chi connectivity index (χ3n) is 7.91. The van der Waals surface area contributed by atoms with E-state index in [0.717, 1.165) is 27.9 Å². The molecule has 2 heterocycles. The minimum Gasteiger partial charge on any atom is -0.481 e. The van der Waals surface area contributed by atoms with Gasteiger partial charge in [0.2, 0.25) is 11.8 Å². The van der Waals surface area contributed by atoms with E-state index in [1.165, 1.54) is 0 Å². The highest BCUT2D eigenvalue weighted by Gasteiger charge is 2.41. The summed E-state index contributed by atoms with van der Waals surface area (Å²) < 4.78 is 0. The first-order valence-corrected chi connectivity index (χ1v) is 13.9. The molecule has 1 saturated heterocycles. The van der Waals surface area contributed by atoms with Crippen LogP contribution < -0.4 is 10.6 Å². The Morgan fingerprint density at radius 1 is 0.878 bits per heavy atom. The van der Waals surface area contributed by atoms with Crippen LogP contribution in [0.4, 0.5) is 16.2 Å². The summed E-state index contributed by atoms with van der Waals surface area (Å²) in [5.74, 6) is -1.02. The van der Waals surface area contributed by atoms with Gasteiger partial charge in [-0.1, -0.05) is 54.6 Å². The number of carbonyl (C=O) groups is 4. The van der Waals surface area contributed by atoms with Gasteiger partial charge in [-0.2, -0.15) is 0 Å². The van der Waals surface area contributed by atoms with E-state index in [1.54, 1.807) is 34.1 Å². The molecule has 212 valence electrons. The van der Waals surface area contributed by atoms with Crippen LogP contribution in [0.3, 0.4) is 0 Å². The lowest BCUT2D eigenvalue weighted by molar-refractivity contribution is -0.146. The Morgan fingerprint density at radius 3 is 2.27 bits per heavy atom. The molecule has 1 fully saturated rings. The van der Waals surface area contributed by atoms with Crippen molar-refractivity contribution in [2.24, 2.45) is 5.92 Å². The maximum Gasteiger partial charge on any atom is 0.323 e. The zero-order valence-electron chi connectivity index (χ0n) is 23.0. The fourth-order valence-corrected chi connectivity index (χ4v) is 5.64. The van der Waals surface area contributed by atoms with E-state index in [0.29, 0.717) is 38.2 Å². The zero-order chi connectivity index (χ0) is 28.9. The average molecular weight is 555 g/mol. The summed E-state index contributed by atoms with van der Waals surface area (Å²) in [5.41, 5.74) is 4.86. The number of nitrogens with one attached hydrogen (secondary N) is 2. The number of carboxylic acids is 1. The molecule has 3 aromatic carbocycles. The molecule has 2 aliphatic heterocycles. The molecule has 0 aromatic heterocycles. The number of likely N-dealkylation sites (tertiary alicyclic amines) is 1. The molecule has 0 unspecified atom stereocenters. The van der Waals surface area contributed by atoms with Crippen LogP contribution in [0, 0.1) is 12.8 Å². The molecular weight excluding hydrogens is 520 g/mol. The highest BCUT2D eigenvalue weighted by atomic mass is 16.4. The van der Waals surface area contributed by atoms with Crippen LogP contribution >= 0.6 is 0 Å². The van der Waals surface area contributed by atoms with E-state index in [1.807, 2.05) is 55.5 Å². The lowest BCUT2D eigenvalue weighted by Gasteiger charge is -2.35. The molecule has 0 bridgehead atoms. The second-order valence-corrected chi connectivity index (χ2v) is 10.8. The van der Waals surface area contributed by atoms with Gasteiger partial charge in [0, 0.05) is 37.4 Å². The molecule has 41 heavy (non-hydrogen) atoms. The van der Waals surface area contributed by atoms with Gasteiger partial charge >= 0.3 is 12.0 Å². The normalized spacial score (nSPS) is 16.7. The van der Waals surface area contributed by atoms with E-state index in [4.69, 9.17) is 5.11 Å². The first kappa shape index (κ1) is 27.9. The zero-order valence-corrected chi connectivity index (χ0v) is 23.0. The standard InChI is InChI=1S/C32H34N4O5/c1-21-6-2-5-9-27(21)34-32(41)33-25-12-10-22(11-13-25)18-28(37)36-20-24-7-3-4-8-26(24)30(36)31(40)35-16-14-23(15-17-35)19-29(38)39/h2-13,23,30H,14-20H2,1H3,(H,38,39)(H2,33,34,41)/t30-/m0/s1. The quantitative estimate of drug-likeness (QED) is 0.381. The summed E-state index contributed by atoms with van der Waals surface area (Å²) in [6, 6.07) is 21.2. The smallest absolute Gasteiger partial charge is 0.323 e. The van der Waals surface area contributed by atoms with Gasteiger partial charge in [-0.15, -0.1) is 0 Å². The molecule has 9 nitrogen and oxygen atoms in total. The highest BCUT2D eigenvalue weighted by molar-refractivity contribution is 6.00. The largest absolute Gasteiger partial charge is 0.481 e. The predicted octanol–water partition coefficient (Wildman–Crippen LogP) is 4.98. The van der Waals surface area contributed by atoms with E-state index in [2.05, 4.69) is 10.6 Å². The molecule has 0 aliphatic carbocycles. The van der Waals surface area contributed by atoms with Crippen molar-refractivity contribution in [1.82, 2.24) is 9.80 Å². The minimum absolute atomic E-state index is 0.0659. The molecule has 5 rings (SSSR count). The molecule has 2 aliphatic rings. The number of para-hydroxylation sites is 1. The third kappa shape index (κ3) is 6.57. The van der Waals surface area contributed by atoms with Crippen LogP contribution in [0.2, 0.25) is 0 Å². The molecule has 1 atom stereocenters. The number of carboxylic acid groups (broad SMARTS) is 1. The van der Waals surface area contributed by atoms with Crippen LogP contribution in [0.25, 0.3) is 0 Å². The van der Waals surface area contributed by atoms with Crippen LogP contribution in [-0.4, -0.2) is 51.8 Å². The van der Waals surface area contributed by atoms with Crippen molar-refractivity contribution in [2.45, 2.75) is 45.2 Å². The first-order chi connectivity index (χ1) is 19.8. The Kier molecular flexibility index (Phi) is 8.33. The van der Waals surface area contributed by atoms with E-state index < -0.39 is 12.0 Å². The van der Waals surface area contributed by atoms with E-state index in [-0.39, 0.29) is 36.6 Å². The van der Waals surface area contributed by atoms with Gasteiger partial charge in [0.05, 0.1) is 6.42 Å². The van der Waals surface area contributed by atoms with Crippen molar-refractivity contribution >= 4 is 35.2 Å². The highest BCUT2D eigenvalue weighted by Crippen LogP contribution is 2.36. The number of nitrogens with zero attached hydrogens (tertiary/aromatic N) is 2. The Bertz CT molecular complexity index is 1450. The third-order valence-corrected chi connectivity index (χ3v) is 7.91. The minimum atomic E-state index is -0.814. The summed E-state index contributed by atoms with van der Waals surface area (Å²) in [6.07, 6.45) is 1.52. The lowest BCUT2D eigenvalue weighted by Crippen LogP contribution is -2.46. The number of fused-ring (bicyclic) bond motifs is 1. The maximum atomic E-state index is 13.7. The van der Waals surface area contributed by atoms with Crippen LogP contribution in [0.15, 0.2) is 72.8 Å². The second kappa shape index (κ2) is 12.2. The number of aliphatic carboxylic acids is 1. The number of hydrogen-bond donors (Lipinski definition) is 3. The van der Waals surface area contributed by atoms with Gasteiger partial charge in [0.1, 0.15) is 6.04 Å². The molecule has 9 heteroatoms. The first-order valence-electron chi connectivity index (χ1n) is 13.9. The summed E-state index contributed by atoms with van der Waals surface area (Å²) in [7, 11) is 0. The Labute approximate surface area is 239 Å².